The Morgan fingerprint density at radius 3 is 2.52 bits per heavy atom. The second kappa shape index (κ2) is 8.96. The number of aryl methyl sites for hydroxylation is 2. The number of carbonyl (C=O) groups excluding carboxylic acids is 1. The van der Waals surface area contributed by atoms with Crippen LogP contribution >= 0.6 is 0 Å². The van der Waals surface area contributed by atoms with Gasteiger partial charge in [0, 0.05) is 17.6 Å². The molecule has 0 spiro atoms. The maximum absolute atomic E-state index is 12.9. The number of pyridine rings is 1. The standard InChI is InChI=1S/C18H17NO.C7H7N5O/c1-3-15-12-14-9-7-8-13(2)17(14)18(20)19(15)16-10-5-4-6-11-16;8-6-5(7(9)13)4-1-2-10-3-12(4)11-6/h4-12H,3H2,1-2H3;1-3H,(H2,8,11)(H2,9,13). The fourth-order valence-electron chi connectivity index (χ4n) is 3.89. The molecule has 8 heteroatoms. The van der Waals surface area contributed by atoms with Gasteiger partial charge in [-0.25, -0.2) is 9.50 Å². The van der Waals surface area contributed by atoms with Crippen LogP contribution in [-0.2, 0) is 6.42 Å². The van der Waals surface area contributed by atoms with Gasteiger partial charge in [0.2, 0.25) is 0 Å². The largest absolute Gasteiger partial charge is 0.382 e. The Morgan fingerprint density at radius 2 is 1.82 bits per heavy atom. The van der Waals surface area contributed by atoms with E-state index in [2.05, 4.69) is 23.1 Å². The SMILES string of the molecule is CCc1cc2cccc(C)c2c(=O)n1-c1ccccc1.NC(=O)c1c(N)nn2cnccc12. The average Bonchev–Trinajstić information content (AvgIpc) is 3.15. The lowest BCUT2D eigenvalue weighted by atomic mass is 10.1. The van der Waals surface area contributed by atoms with Gasteiger partial charge >= 0.3 is 0 Å². The highest BCUT2D eigenvalue weighted by atomic mass is 16.1. The molecule has 166 valence electrons. The van der Waals surface area contributed by atoms with Crippen molar-refractivity contribution in [3.8, 4) is 5.69 Å². The number of hydrogen-bond donors (Lipinski definition) is 2. The number of hydrogen-bond acceptors (Lipinski definition) is 5. The molecule has 0 aliphatic carbocycles. The maximum Gasteiger partial charge on any atom is 0.263 e. The number of nitrogens with zero attached hydrogens (tertiary/aromatic N) is 4. The number of anilines is 1. The van der Waals surface area contributed by atoms with E-state index < -0.39 is 5.91 Å². The number of nitrogen functional groups attached to an aromatic ring is 1. The van der Waals surface area contributed by atoms with Gasteiger partial charge in [0.1, 0.15) is 11.9 Å². The Morgan fingerprint density at radius 1 is 1.06 bits per heavy atom. The first-order valence-electron chi connectivity index (χ1n) is 10.5. The number of carbonyl (C=O) groups is 1. The molecule has 0 fully saturated rings. The minimum atomic E-state index is -0.585. The molecule has 3 heterocycles. The van der Waals surface area contributed by atoms with Gasteiger partial charge in [0.15, 0.2) is 5.82 Å². The third kappa shape index (κ3) is 4.06. The van der Waals surface area contributed by atoms with Crippen LogP contribution in [0.3, 0.4) is 0 Å². The summed E-state index contributed by atoms with van der Waals surface area (Å²) in [6, 6.07) is 19.6. The predicted octanol–water partition coefficient (Wildman–Crippen LogP) is 3.27. The molecule has 0 saturated carbocycles. The van der Waals surface area contributed by atoms with Crippen molar-refractivity contribution in [2.75, 3.05) is 5.73 Å². The fourth-order valence-corrected chi connectivity index (χ4v) is 3.89. The van der Waals surface area contributed by atoms with Gasteiger partial charge in [-0.3, -0.25) is 14.2 Å². The first-order valence-corrected chi connectivity index (χ1v) is 10.5. The van der Waals surface area contributed by atoms with Crippen LogP contribution in [0.2, 0.25) is 0 Å². The summed E-state index contributed by atoms with van der Waals surface area (Å²) in [7, 11) is 0. The Labute approximate surface area is 190 Å². The maximum atomic E-state index is 12.9. The Kier molecular flexibility index (Phi) is 5.91. The van der Waals surface area contributed by atoms with E-state index >= 15 is 0 Å². The lowest BCUT2D eigenvalue weighted by molar-refractivity contribution is 0.100. The van der Waals surface area contributed by atoms with E-state index in [-0.39, 0.29) is 16.9 Å². The number of primary amides is 1. The smallest absolute Gasteiger partial charge is 0.263 e. The predicted molar refractivity (Wildman–Crippen MR) is 130 cm³/mol. The van der Waals surface area contributed by atoms with Crippen molar-refractivity contribution in [2.24, 2.45) is 5.73 Å². The van der Waals surface area contributed by atoms with E-state index in [1.165, 1.54) is 10.8 Å². The highest BCUT2D eigenvalue weighted by Crippen LogP contribution is 2.19. The summed E-state index contributed by atoms with van der Waals surface area (Å²) < 4.78 is 3.24. The summed E-state index contributed by atoms with van der Waals surface area (Å²) in [5.41, 5.74) is 14.5. The van der Waals surface area contributed by atoms with Crippen molar-refractivity contribution >= 4 is 28.0 Å². The van der Waals surface area contributed by atoms with Crippen LogP contribution in [0.5, 0.6) is 0 Å². The Balaban J connectivity index is 0.000000172. The first-order chi connectivity index (χ1) is 15.9. The van der Waals surface area contributed by atoms with E-state index in [4.69, 9.17) is 11.5 Å². The van der Waals surface area contributed by atoms with Crippen molar-refractivity contribution in [3.63, 3.8) is 0 Å². The van der Waals surface area contributed by atoms with Crippen LogP contribution in [0.4, 0.5) is 5.82 Å². The molecule has 0 unspecified atom stereocenters. The molecule has 0 aliphatic heterocycles. The summed E-state index contributed by atoms with van der Waals surface area (Å²) in [4.78, 5) is 27.7. The van der Waals surface area contributed by atoms with Gasteiger partial charge in [-0.1, -0.05) is 43.3 Å². The molecule has 0 aliphatic rings. The zero-order valence-electron chi connectivity index (χ0n) is 18.4. The number of aromatic nitrogens is 4. The van der Waals surface area contributed by atoms with Gasteiger partial charge in [-0.05, 0) is 48.6 Å². The van der Waals surface area contributed by atoms with Crippen LogP contribution in [0.1, 0.15) is 28.5 Å². The molecule has 1 amide bonds. The lowest BCUT2D eigenvalue weighted by Gasteiger charge is -2.14. The van der Waals surface area contributed by atoms with E-state index in [1.54, 1.807) is 12.3 Å². The third-order valence-corrected chi connectivity index (χ3v) is 5.42. The van der Waals surface area contributed by atoms with Gasteiger partial charge in [-0.2, -0.15) is 0 Å². The zero-order chi connectivity index (χ0) is 23.5. The van der Waals surface area contributed by atoms with E-state index in [0.29, 0.717) is 5.52 Å². The number of fused-ring (bicyclic) bond motifs is 2. The van der Waals surface area contributed by atoms with Crippen molar-refractivity contribution in [1.29, 1.82) is 0 Å². The summed E-state index contributed by atoms with van der Waals surface area (Å²) >= 11 is 0. The van der Waals surface area contributed by atoms with Crippen molar-refractivity contribution in [1.82, 2.24) is 19.2 Å². The van der Waals surface area contributed by atoms with Gasteiger partial charge in [0.05, 0.1) is 10.9 Å². The molecule has 2 aromatic carbocycles. The number of benzene rings is 2. The number of para-hydroxylation sites is 1. The highest BCUT2D eigenvalue weighted by molar-refractivity contribution is 6.04. The number of nitrogens with two attached hydrogens (primary N) is 2. The molecule has 33 heavy (non-hydrogen) atoms. The Hall–Kier alpha value is -4.46. The molecule has 5 rings (SSSR count). The fraction of sp³-hybridized carbons (Fsp3) is 0.120. The molecule has 0 saturated heterocycles. The van der Waals surface area contributed by atoms with Gasteiger partial charge < -0.3 is 11.5 Å². The van der Waals surface area contributed by atoms with Crippen LogP contribution in [0.15, 0.2) is 78.0 Å². The summed E-state index contributed by atoms with van der Waals surface area (Å²) in [6.45, 7) is 4.07. The van der Waals surface area contributed by atoms with Gasteiger partial charge in [-0.15, -0.1) is 5.10 Å². The number of amides is 1. The van der Waals surface area contributed by atoms with Crippen LogP contribution < -0.4 is 17.0 Å². The quantitative estimate of drug-likeness (QED) is 0.446. The van der Waals surface area contributed by atoms with Crippen LogP contribution in [-0.4, -0.2) is 25.1 Å². The lowest BCUT2D eigenvalue weighted by Crippen LogP contribution is -2.22. The van der Waals surface area contributed by atoms with Crippen LogP contribution in [0, 0.1) is 6.92 Å². The molecule has 8 nitrogen and oxygen atoms in total. The molecule has 0 radical (unpaired) electrons. The first kappa shape index (κ1) is 21.8. The summed E-state index contributed by atoms with van der Waals surface area (Å²) in [6.07, 6.45) is 3.83. The molecule has 3 aromatic heterocycles. The normalized spacial score (nSPS) is 10.7. The summed E-state index contributed by atoms with van der Waals surface area (Å²) in [5, 5.41) is 5.71. The second-order valence-electron chi connectivity index (χ2n) is 7.54. The van der Waals surface area contributed by atoms with Crippen LogP contribution in [0.25, 0.3) is 22.0 Å². The van der Waals surface area contributed by atoms with E-state index in [9.17, 15) is 9.59 Å². The van der Waals surface area contributed by atoms with Gasteiger partial charge in [0.25, 0.3) is 11.5 Å². The highest BCUT2D eigenvalue weighted by Gasteiger charge is 2.14. The van der Waals surface area contributed by atoms with Crippen molar-refractivity contribution < 1.29 is 4.79 Å². The third-order valence-electron chi connectivity index (χ3n) is 5.42. The molecular formula is C25H24N6O2. The van der Waals surface area contributed by atoms with Crippen molar-refractivity contribution in [2.45, 2.75) is 20.3 Å². The second-order valence-corrected chi connectivity index (χ2v) is 7.54. The number of rotatable bonds is 3. The molecule has 4 N–H and O–H groups in total. The minimum absolute atomic E-state index is 0.0728. The van der Waals surface area contributed by atoms with E-state index in [0.717, 1.165) is 34.1 Å². The molecule has 5 aromatic rings. The summed E-state index contributed by atoms with van der Waals surface area (Å²) in [5.74, 6) is -0.459. The monoisotopic (exact) mass is 440 g/mol. The Bertz CT molecular complexity index is 1520. The minimum Gasteiger partial charge on any atom is -0.382 e. The molecular weight excluding hydrogens is 416 g/mol. The molecule has 0 atom stereocenters. The average molecular weight is 441 g/mol. The van der Waals surface area contributed by atoms with E-state index in [1.807, 2.05) is 60.0 Å². The molecule has 0 bridgehead atoms. The zero-order valence-corrected chi connectivity index (χ0v) is 18.4. The topological polar surface area (TPSA) is 121 Å². The van der Waals surface area contributed by atoms with Crippen molar-refractivity contribution in [3.05, 3.63) is 100 Å².